The Bertz CT molecular complexity index is 1220. The lowest BCUT2D eigenvalue weighted by atomic mass is 9.99. The molecule has 2 heterocycles. The Labute approximate surface area is 242 Å². The highest BCUT2D eigenvalue weighted by Gasteiger charge is 2.70. The number of rotatable bonds is 4. The van der Waals surface area contributed by atoms with Gasteiger partial charge in [-0.05, 0) is 66.2 Å². The molecule has 2 aliphatic carbocycles. The highest BCUT2D eigenvalue weighted by Crippen LogP contribution is 2.58. The molecule has 3 fully saturated rings. The fraction of sp³-hybridized carbons (Fsp3) is 0.786. The standard InChI is InChI=1S/C28H44N4O8S/c1-25(2,3)40-24(37)29-19-11-9-7-6-8-10-12-26(4)17-28(26,23(36)31-41(38,39)27(5)13-14-27)30-21(34)20-15-18(33)16-32(20)22(19)35/h10,12,18-20,33H,6-9,11,13-17H2,1-5H3,(H,29,37)(H,30,34)(H,31,36). The van der Waals surface area contributed by atoms with Gasteiger partial charge >= 0.3 is 6.09 Å². The van der Waals surface area contributed by atoms with Crippen LogP contribution in [0.1, 0.15) is 92.4 Å². The number of aliphatic hydroxyl groups is 1. The molecule has 4 N–H and O–H groups in total. The zero-order valence-corrected chi connectivity index (χ0v) is 25.4. The summed E-state index contributed by atoms with van der Waals surface area (Å²) in [5.41, 5.74) is -3.14. The summed E-state index contributed by atoms with van der Waals surface area (Å²) in [6, 6.07) is -2.08. The average molecular weight is 597 g/mol. The van der Waals surface area contributed by atoms with E-state index in [4.69, 9.17) is 4.74 Å². The largest absolute Gasteiger partial charge is 0.444 e. The van der Waals surface area contributed by atoms with Gasteiger partial charge in [-0.1, -0.05) is 31.9 Å². The van der Waals surface area contributed by atoms with Gasteiger partial charge in [0.2, 0.25) is 21.8 Å². The summed E-state index contributed by atoms with van der Waals surface area (Å²) < 4.78 is 32.4. The monoisotopic (exact) mass is 596 g/mol. The van der Waals surface area contributed by atoms with Crippen LogP contribution in [0.5, 0.6) is 0 Å². The Morgan fingerprint density at radius 3 is 2.46 bits per heavy atom. The highest BCUT2D eigenvalue weighted by molar-refractivity contribution is 7.91. The summed E-state index contributed by atoms with van der Waals surface area (Å²) in [6.45, 7) is 8.38. The van der Waals surface area contributed by atoms with Crippen molar-refractivity contribution in [3.05, 3.63) is 12.2 Å². The first kappa shape index (κ1) is 31.3. The molecule has 0 aromatic carbocycles. The lowest BCUT2D eigenvalue weighted by Crippen LogP contribution is -2.59. The van der Waals surface area contributed by atoms with E-state index in [1.165, 1.54) is 4.90 Å². The number of hydrogen-bond donors (Lipinski definition) is 4. The number of hydrogen-bond acceptors (Lipinski definition) is 8. The van der Waals surface area contributed by atoms with Crippen LogP contribution in [0, 0.1) is 5.41 Å². The van der Waals surface area contributed by atoms with Gasteiger partial charge in [-0.15, -0.1) is 0 Å². The van der Waals surface area contributed by atoms with E-state index in [1.807, 2.05) is 12.2 Å². The number of carbonyl (C=O) groups excluding carboxylic acids is 4. The second kappa shape index (κ2) is 10.9. The lowest BCUT2D eigenvalue weighted by Gasteiger charge is -2.31. The van der Waals surface area contributed by atoms with Crippen molar-refractivity contribution < 1.29 is 37.4 Å². The quantitative estimate of drug-likeness (QED) is 0.355. The van der Waals surface area contributed by atoms with E-state index in [9.17, 15) is 32.7 Å². The molecule has 0 radical (unpaired) electrons. The fourth-order valence-electron chi connectivity index (χ4n) is 5.71. The van der Waals surface area contributed by atoms with E-state index in [-0.39, 0.29) is 19.4 Å². The van der Waals surface area contributed by atoms with E-state index < -0.39 is 73.3 Å². The van der Waals surface area contributed by atoms with Crippen molar-refractivity contribution in [1.82, 2.24) is 20.3 Å². The molecule has 230 valence electrons. The minimum Gasteiger partial charge on any atom is -0.444 e. The topological polar surface area (TPSA) is 171 Å². The highest BCUT2D eigenvalue weighted by atomic mass is 32.2. The van der Waals surface area contributed by atoms with Crippen LogP contribution in [0.25, 0.3) is 0 Å². The molecular weight excluding hydrogens is 552 g/mol. The van der Waals surface area contributed by atoms with Crippen molar-refractivity contribution in [1.29, 1.82) is 0 Å². The number of aliphatic hydroxyl groups excluding tert-OH is 1. The third-order valence-corrected chi connectivity index (χ3v) is 10.9. The maximum atomic E-state index is 13.7. The van der Waals surface area contributed by atoms with Gasteiger partial charge in [0, 0.05) is 18.4 Å². The molecule has 5 atom stereocenters. The second-order valence-electron chi connectivity index (χ2n) is 13.5. The number of ether oxygens (including phenoxy) is 1. The van der Waals surface area contributed by atoms with Crippen molar-refractivity contribution in [3.63, 3.8) is 0 Å². The van der Waals surface area contributed by atoms with Crippen molar-refractivity contribution in [3.8, 4) is 0 Å². The van der Waals surface area contributed by atoms with Gasteiger partial charge in [0.25, 0.3) is 5.91 Å². The summed E-state index contributed by atoms with van der Waals surface area (Å²) in [7, 11) is -3.96. The molecule has 4 rings (SSSR count). The van der Waals surface area contributed by atoms with Crippen molar-refractivity contribution in [2.45, 2.75) is 126 Å². The Morgan fingerprint density at radius 2 is 1.83 bits per heavy atom. The predicted octanol–water partition coefficient (Wildman–Crippen LogP) is 1.63. The second-order valence-corrected chi connectivity index (χ2v) is 15.7. The van der Waals surface area contributed by atoms with Gasteiger partial charge in [0.1, 0.15) is 23.2 Å². The van der Waals surface area contributed by atoms with Gasteiger partial charge in [-0.3, -0.25) is 19.1 Å². The molecule has 0 spiro atoms. The minimum atomic E-state index is -3.96. The molecule has 4 aliphatic rings. The average Bonchev–Trinajstić information content (AvgIpc) is 3.68. The molecule has 5 unspecified atom stereocenters. The van der Waals surface area contributed by atoms with Crippen LogP contribution >= 0.6 is 0 Å². The number of carbonyl (C=O) groups is 4. The molecule has 2 saturated carbocycles. The molecule has 1 saturated heterocycles. The molecule has 13 heteroatoms. The smallest absolute Gasteiger partial charge is 0.408 e. The first-order valence-corrected chi connectivity index (χ1v) is 15.9. The fourth-order valence-corrected chi connectivity index (χ4v) is 7.01. The molecule has 0 aromatic heterocycles. The van der Waals surface area contributed by atoms with Gasteiger partial charge in [0.05, 0.1) is 10.9 Å². The number of allylic oxidation sites excluding steroid dienone is 1. The van der Waals surface area contributed by atoms with Crippen LogP contribution in [0.4, 0.5) is 4.79 Å². The first-order chi connectivity index (χ1) is 18.9. The number of nitrogens with one attached hydrogen (secondary N) is 3. The Kier molecular flexibility index (Phi) is 8.29. The zero-order chi connectivity index (χ0) is 30.4. The molecule has 2 aliphatic heterocycles. The van der Waals surface area contributed by atoms with Crippen molar-refractivity contribution >= 4 is 33.8 Å². The number of amides is 4. The van der Waals surface area contributed by atoms with Crippen LogP contribution in [-0.4, -0.2) is 82.9 Å². The summed E-state index contributed by atoms with van der Waals surface area (Å²) >= 11 is 0. The van der Waals surface area contributed by atoms with Crippen molar-refractivity contribution in [2.24, 2.45) is 5.41 Å². The first-order valence-electron chi connectivity index (χ1n) is 14.5. The van der Waals surface area contributed by atoms with Crippen LogP contribution in [0.2, 0.25) is 0 Å². The predicted molar refractivity (Wildman–Crippen MR) is 150 cm³/mol. The number of nitrogens with zero attached hydrogens (tertiary/aromatic N) is 1. The van der Waals surface area contributed by atoms with E-state index in [1.54, 1.807) is 34.6 Å². The molecule has 12 nitrogen and oxygen atoms in total. The summed E-state index contributed by atoms with van der Waals surface area (Å²) in [6.07, 6.45) is 6.28. The van der Waals surface area contributed by atoms with Crippen LogP contribution in [0.15, 0.2) is 12.2 Å². The molecular formula is C28H44N4O8S. The van der Waals surface area contributed by atoms with E-state index >= 15 is 0 Å². The van der Waals surface area contributed by atoms with Gasteiger partial charge in [0.15, 0.2) is 0 Å². The van der Waals surface area contributed by atoms with Crippen LogP contribution < -0.4 is 15.4 Å². The molecule has 4 amide bonds. The van der Waals surface area contributed by atoms with E-state index in [2.05, 4.69) is 15.4 Å². The summed E-state index contributed by atoms with van der Waals surface area (Å²) in [5, 5.41) is 15.9. The number of alkyl carbamates (subject to hydrolysis) is 1. The number of sulfonamides is 1. The molecule has 0 aromatic rings. The summed E-state index contributed by atoms with van der Waals surface area (Å²) in [4.78, 5) is 54.8. The van der Waals surface area contributed by atoms with Gasteiger partial charge < -0.3 is 25.4 Å². The van der Waals surface area contributed by atoms with Crippen molar-refractivity contribution in [2.75, 3.05) is 6.54 Å². The summed E-state index contributed by atoms with van der Waals surface area (Å²) in [5.74, 6) is -2.00. The SMILES string of the molecule is CC(C)(C)OC(=O)NC1CCCCCC=CC2(C)CC2(C(=O)NS(=O)(=O)C2(C)CC2)NC(=O)C2CC(O)CN2C1=O. The van der Waals surface area contributed by atoms with Gasteiger partial charge in [-0.25, -0.2) is 13.2 Å². The van der Waals surface area contributed by atoms with E-state index in [0.29, 0.717) is 32.1 Å². The molecule has 0 bridgehead atoms. The zero-order valence-electron chi connectivity index (χ0n) is 24.6. The normalized spacial score (nSPS) is 33.8. The maximum absolute atomic E-state index is 13.7. The Hall–Kier alpha value is -2.67. The minimum absolute atomic E-state index is 0.0582. The number of fused-ring (bicyclic) bond motifs is 2. The maximum Gasteiger partial charge on any atom is 0.408 e. The third kappa shape index (κ3) is 6.55. The molecule has 41 heavy (non-hydrogen) atoms. The van der Waals surface area contributed by atoms with Crippen LogP contribution in [0.3, 0.4) is 0 Å². The lowest BCUT2D eigenvalue weighted by molar-refractivity contribution is -0.141. The Balaban J connectivity index is 1.61. The van der Waals surface area contributed by atoms with Crippen LogP contribution in [-0.2, 0) is 29.1 Å². The third-order valence-electron chi connectivity index (χ3n) is 8.74. The Morgan fingerprint density at radius 1 is 1.15 bits per heavy atom. The van der Waals surface area contributed by atoms with Gasteiger partial charge in [-0.2, -0.15) is 0 Å². The van der Waals surface area contributed by atoms with E-state index in [0.717, 1.165) is 12.8 Å².